The quantitative estimate of drug-likeness (QED) is 0.766. The third-order valence-corrected chi connectivity index (χ3v) is 3.66. The average Bonchev–Trinajstić information content (AvgIpc) is 2.34. The van der Waals surface area contributed by atoms with Crippen LogP contribution in [0.15, 0.2) is 12.3 Å². The largest absolute Gasteiger partial charge is 0.472 e. The monoisotopic (exact) mass is 257 g/mol. The second-order valence-corrected chi connectivity index (χ2v) is 4.91. The van der Waals surface area contributed by atoms with Crippen molar-refractivity contribution < 1.29 is 9.13 Å². The first-order valence-electron chi connectivity index (χ1n) is 6.08. The number of rotatable bonds is 3. The fourth-order valence-corrected chi connectivity index (χ4v) is 2.45. The molecule has 0 spiro atoms. The Bertz CT molecular complexity index is 386. The topological polar surface area (TPSA) is 22.1 Å². The SMILES string of the molecule is CC1CCCCC1Oc1nccc(CCl)c1F. The molecule has 0 aliphatic heterocycles. The van der Waals surface area contributed by atoms with Gasteiger partial charge in [-0.2, -0.15) is 0 Å². The maximum Gasteiger partial charge on any atom is 0.250 e. The number of nitrogens with zero attached hydrogens (tertiary/aromatic N) is 1. The van der Waals surface area contributed by atoms with E-state index in [-0.39, 0.29) is 17.9 Å². The standard InChI is InChI=1S/C13H17ClFNO/c1-9-4-2-3-5-11(9)17-13-12(15)10(8-14)6-7-16-13/h6-7,9,11H,2-5,8H2,1H3. The summed E-state index contributed by atoms with van der Waals surface area (Å²) in [6, 6.07) is 1.58. The molecule has 2 unspecified atom stereocenters. The van der Waals surface area contributed by atoms with Crippen LogP contribution in [-0.2, 0) is 5.88 Å². The second-order valence-electron chi connectivity index (χ2n) is 4.64. The molecule has 1 aromatic rings. The first kappa shape index (κ1) is 12.6. The zero-order chi connectivity index (χ0) is 12.3. The molecule has 0 radical (unpaired) electrons. The summed E-state index contributed by atoms with van der Waals surface area (Å²) in [4.78, 5) is 3.96. The van der Waals surface area contributed by atoms with Crippen LogP contribution in [-0.4, -0.2) is 11.1 Å². The predicted molar refractivity (Wildman–Crippen MR) is 65.8 cm³/mol. The van der Waals surface area contributed by atoms with E-state index in [0.717, 1.165) is 19.3 Å². The van der Waals surface area contributed by atoms with Crippen molar-refractivity contribution in [2.75, 3.05) is 0 Å². The minimum atomic E-state index is -0.416. The Labute approximate surface area is 106 Å². The van der Waals surface area contributed by atoms with E-state index in [1.54, 1.807) is 12.3 Å². The Morgan fingerprint density at radius 2 is 2.24 bits per heavy atom. The Morgan fingerprint density at radius 3 is 2.94 bits per heavy atom. The Hall–Kier alpha value is -0.830. The van der Waals surface area contributed by atoms with Crippen molar-refractivity contribution in [2.24, 2.45) is 5.92 Å². The number of aromatic nitrogens is 1. The average molecular weight is 258 g/mol. The number of halogens is 2. The highest BCUT2D eigenvalue weighted by atomic mass is 35.5. The molecule has 0 bridgehead atoms. The van der Waals surface area contributed by atoms with Crippen LogP contribution in [0.2, 0.25) is 0 Å². The lowest BCUT2D eigenvalue weighted by atomic mass is 9.88. The van der Waals surface area contributed by atoms with E-state index in [9.17, 15) is 4.39 Å². The van der Waals surface area contributed by atoms with Crippen molar-refractivity contribution in [3.8, 4) is 5.88 Å². The van der Waals surface area contributed by atoms with E-state index in [2.05, 4.69) is 11.9 Å². The van der Waals surface area contributed by atoms with Crippen molar-refractivity contribution in [2.45, 2.75) is 44.6 Å². The first-order valence-corrected chi connectivity index (χ1v) is 6.62. The highest BCUT2D eigenvalue weighted by Crippen LogP contribution is 2.29. The zero-order valence-corrected chi connectivity index (χ0v) is 10.7. The van der Waals surface area contributed by atoms with E-state index in [1.165, 1.54) is 6.42 Å². The highest BCUT2D eigenvalue weighted by molar-refractivity contribution is 6.17. The van der Waals surface area contributed by atoms with Gasteiger partial charge >= 0.3 is 0 Å². The molecule has 0 aromatic carbocycles. The van der Waals surface area contributed by atoms with Crippen LogP contribution in [0.25, 0.3) is 0 Å². The van der Waals surface area contributed by atoms with Crippen molar-refractivity contribution in [1.29, 1.82) is 0 Å². The number of alkyl halides is 1. The van der Waals surface area contributed by atoms with E-state index >= 15 is 0 Å². The molecule has 2 nitrogen and oxygen atoms in total. The molecule has 0 amide bonds. The van der Waals surface area contributed by atoms with Gasteiger partial charge in [-0.05, 0) is 31.2 Å². The lowest BCUT2D eigenvalue weighted by Crippen LogP contribution is -2.29. The summed E-state index contributed by atoms with van der Waals surface area (Å²) < 4.78 is 19.6. The van der Waals surface area contributed by atoms with Crippen LogP contribution >= 0.6 is 11.6 Å². The summed E-state index contributed by atoms with van der Waals surface area (Å²) >= 11 is 5.65. The molecule has 2 rings (SSSR count). The third-order valence-electron chi connectivity index (χ3n) is 3.38. The predicted octanol–water partition coefficient (Wildman–Crippen LogP) is 3.92. The third kappa shape index (κ3) is 2.89. The molecule has 0 N–H and O–H groups in total. The zero-order valence-electron chi connectivity index (χ0n) is 9.96. The van der Waals surface area contributed by atoms with Crippen molar-refractivity contribution in [3.63, 3.8) is 0 Å². The van der Waals surface area contributed by atoms with Gasteiger partial charge in [0.25, 0.3) is 5.88 Å². The van der Waals surface area contributed by atoms with Crippen molar-refractivity contribution in [3.05, 3.63) is 23.6 Å². The molecule has 1 saturated carbocycles. The van der Waals surface area contributed by atoms with Gasteiger partial charge in [0.05, 0.1) is 5.88 Å². The minimum absolute atomic E-state index is 0.0799. The molecule has 1 aliphatic rings. The van der Waals surface area contributed by atoms with Crippen LogP contribution in [0, 0.1) is 11.7 Å². The molecule has 1 heterocycles. The molecular formula is C13H17ClFNO. The summed E-state index contributed by atoms with van der Waals surface area (Å²) in [5.74, 6) is 0.289. The van der Waals surface area contributed by atoms with Gasteiger partial charge in [0.2, 0.25) is 0 Å². The van der Waals surface area contributed by atoms with Crippen LogP contribution < -0.4 is 4.74 Å². The summed E-state index contributed by atoms with van der Waals surface area (Å²) in [5, 5.41) is 0. The minimum Gasteiger partial charge on any atom is -0.472 e. The number of pyridine rings is 1. The van der Waals surface area contributed by atoms with Crippen LogP contribution in [0.3, 0.4) is 0 Å². The number of ether oxygens (including phenoxy) is 1. The Balaban J connectivity index is 2.12. The summed E-state index contributed by atoms with van der Waals surface area (Å²) in [6.45, 7) is 2.15. The van der Waals surface area contributed by atoms with Crippen molar-refractivity contribution >= 4 is 11.6 Å². The lowest BCUT2D eigenvalue weighted by molar-refractivity contribution is 0.0925. The van der Waals surface area contributed by atoms with Gasteiger partial charge in [-0.1, -0.05) is 13.3 Å². The second kappa shape index (κ2) is 5.67. The van der Waals surface area contributed by atoms with E-state index in [1.807, 2.05) is 0 Å². The number of hydrogen-bond donors (Lipinski definition) is 0. The van der Waals surface area contributed by atoms with Gasteiger partial charge < -0.3 is 4.74 Å². The van der Waals surface area contributed by atoms with Gasteiger partial charge in [-0.15, -0.1) is 11.6 Å². The fraction of sp³-hybridized carbons (Fsp3) is 0.615. The first-order chi connectivity index (χ1) is 8.22. The highest BCUT2D eigenvalue weighted by Gasteiger charge is 2.24. The van der Waals surface area contributed by atoms with E-state index < -0.39 is 5.82 Å². The van der Waals surface area contributed by atoms with Gasteiger partial charge in [0.15, 0.2) is 5.82 Å². The summed E-state index contributed by atoms with van der Waals surface area (Å²) in [7, 11) is 0. The molecule has 1 aliphatic carbocycles. The van der Waals surface area contributed by atoms with Crippen molar-refractivity contribution in [1.82, 2.24) is 4.98 Å². The van der Waals surface area contributed by atoms with Gasteiger partial charge in [0.1, 0.15) is 6.10 Å². The molecule has 2 atom stereocenters. The molecule has 94 valence electrons. The molecule has 17 heavy (non-hydrogen) atoms. The van der Waals surface area contributed by atoms with Gasteiger partial charge in [-0.25, -0.2) is 9.37 Å². The Kier molecular flexibility index (Phi) is 4.21. The van der Waals surface area contributed by atoms with Crippen LogP contribution in [0.4, 0.5) is 4.39 Å². The van der Waals surface area contributed by atoms with E-state index in [4.69, 9.17) is 16.3 Å². The van der Waals surface area contributed by atoms with Gasteiger partial charge in [0, 0.05) is 11.8 Å². The molecule has 4 heteroatoms. The van der Waals surface area contributed by atoms with Crippen LogP contribution in [0.1, 0.15) is 38.2 Å². The number of hydrogen-bond acceptors (Lipinski definition) is 2. The summed E-state index contributed by atoms with van der Waals surface area (Å²) in [5.41, 5.74) is 0.445. The smallest absolute Gasteiger partial charge is 0.250 e. The molecule has 1 fully saturated rings. The Morgan fingerprint density at radius 1 is 1.47 bits per heavy atom. The maximum absolute atomic E-state index is 13.9. The summed E-state index contributed by atoms with van der Waals surface area (Å²) in [6.07, 6.45) is 6.12. The lowest BCUT2D eigenvalue weighted by Gasteiger charge is -2.28. The maximum atomic E-state index is 13.9. The fourth-order valence-electron chi connectivity index (χ4n) is 2.25. The van der Waals surface area contributed by atoms with E-state index in [0.29, 0.717) is 11.5 Å². The van der Waals surface area contributed by atoms with Gasteiger partial charge in [-0.3, -0.25) is 0 Å². The molecule has 1 aromatic heterocycles. The normalized spacial score (nSPS) is 24.6. The van der Waals surface area contributed by atoms with Crippen LogP contribution in [0.5, 0.6) is 5.88 Å². The molecular weight excluding hydrogens is 241 g/mol. The molecule has 0 saturated heterocycles.